The molecule has 31 heavy (non-hydrogen) atoms. The molecule has 8 nitrogen and oxygen atoms in total. The summed E-state index contributed by atoms with van der Waals surface area (Å²) in [5.41, 5.74) is 7.84. The van der Waals surface area contributed by atoms with Crippen LogP contribution < -0.4 is 21.1 Å². The second-order valence-corrected chi connectivity index (χ2v) is 10.1. The van der Waals surface area contributed by atoms with Crippen molar-refractivity contribution in [1.29, 1.82) is 0 Å². The van der Waals surface area contributed by atoms with E-state index in [9.17, 15) is 18.0 Å². The van der Waals surface area contributed by atoms with Crippen LogP contribution >= 0.6 is 11.3 Å². The van der Waals surface area contributed by atoms with Crippen molar-refractivity contribution in [2.24, 2.45) is 5.73 Å². The van der Waals surface area contributed by atoms with Gasteiger partial charge < -0.3 is 11.1 Å². The molecule has 5 N–H and O–H groups in total. The summed E-state index contributed by atoms with van der Waals surface area (Å²) in [6.45, 7) is 5.80. The molecule has 3 amide bonds. The lowest BCUT2D eigenvalue weighted by Gasteiger charge is -2.13. The SMILES string of the molecule is CNC(=O)Nc1sc2c(C(C)C)cc(NS(=O)(=O)c3ccc(C)cc3)cc2c1C(N)=O. The Morgan fingerprint density at radius 2 is 1.74 bits per heavy atom. The molecule has 3 aromatic rings. The number of hydrogen-bond donors (Lipinski definition) is 4. The highest BCUT2D eigenvalue weighted by molar-refractivity contribution is 7.92. The maximum absolute atomic E-state index is 12.9. The van der Waals surface area contributed by atoms with E-state index in [1.165, 1.54) is 30.5 Å². The molecule has 0 aliphatic carbocycles. The predicted octanol–water partition coefficient (Wildman–Crippen LogP) is 3.98. The minimum absolute atomic E-state index is 0.0264. The van der Waals surface area contributed by atoms with Crippen LogP contribution in [0.15, 0.2) is 41.3 Å². The van der Waals surface area contributed by atoms with Gasteiger partial charge in [-0.15, -0.1) is 11.3 Å². The fourth-order valence-electron chi connectivity index (χ4n) is 3.14. The topological polar surface area (TPSA) is 130 Å². The Morgan fingerprint density at radius 3 is 2.29 bits per heavy atom. The van der Waals surface area contributed by atoms with E-state index in [4.69, 9.17) is 5.73 Å². The average molecular weight is 461 g/mol. The molecule has 0 atom stereocenters. The number of nitrogens with one attached hydrogen (secondary N) is 3. The van der Waals surface area contributed by atoms with Crippen LogP contribution in [0, 0.1) is 6.92 Å². The molecule has 3 rings (SSSR count). The van der Waals surface area contributed by atoms with Gasteiger partial charge >= 0.3 is 6.03 Å². The van der Waals surface area contributed by atoms with Crippen LogP contribution in [-0.4, -0.2) is 27.4 Å². The normalized spacial score (nSPS) is 11.5. The summed E-state index contributed by atoms with van der Waals surface area (Å²) in [5, 5.41) is 5.85. The van der Waals surface area contributed by atoms with Crippen LogP contribution in [-0.2, 0) is 10.0 Å². The van der Waals surface area contributed by atoms with Gasteiger partial charge in [-0.25, -0.2) is 13.2 Å². The third-order valence-corrected chi connectivity index (χ3v) is 7.29. The highest BCUT2D eigenvalue weighted by Gasteiger charge is 2.23. The highest BCUT2D eigenvalue weighted by atomic mass is 32.2. The summed E-state index contributed by atoms with van der Waals surface area (Å²) in [6, 6.07) is 9.33. The third-order valence-electron chi connectivity index (χ3n) is 4.72. The zero-order valence-electron chi connectivity index (χ0n) is 17.6. The van der Waals surface area contributed by atoms with E-state index in [0.29, 0.717) is 16.1 Å². The van der Waals surface area contributed by atoms with Crippen molar-refractivity contribution < 1.29 is 18.0 Å². The number of thiophene rings is 1. The van der Waals surface area contributed by atoms with Gasteiger partial charge in [0.1, 0.15) is 5.00 Å². The Bertz CT molecular complexity index is 1260. The summed E-state index contributed by atoms with van der Waals surface area (Å²) >= 11 is 1.23. The van der Waals surface area contributed by atoms with Crippen molar-refractivity contribution in [1.82, 2.24) is 5.32 Å². The Morgan fingerprint density at radius 1 is 1.10 bits per heavy atom. The number of nitrogens with two attached hydrogens (primary N) is 1. The fourth-order valence-corrected chi connectivity index (χ4v) is 5.53. The van der Waals surface area contributed by atoms with E-state index in [2.05, 4.69) is 15.4 Å². The monoisotopic (exact) mass is 460 g/mol. The summed E-state index contributed by atoms with van der Waals surface area (Å²) in [4.78, 5) is 24.2. The second kappa shape index (κ2) is 8.56. The molecule has 10 heteroatoms. The number of benzene rings is 2. The van der Waals surface area contributed by atoms with Crippen LogP contribution in [0.2, 0.25) is 0 Å². The lowest BCUT2D eigenvalue weighted by molar-refractivity contribution is 0.100. The van der Waals surface area contributed by atoms with Gasteiger partial charge in [-0.2, -0.15) is 0 Å². The molecule has 2 aromatic carbocycles. The Balaban J connectivity index is 2.17. The maximum Gasteiger partial charge on any atom is 0.319 e. The Kier molecular flexibility index (Phi) is 6.23. The lowest BCUT2D eigenvalue weighted by Crippen LogP contribution is -2.25. The molecule has 0 bridgehead atoms. The lowest BCUT2D eigenvalue weighted by atomic mass is 9.99. The second-order valence-electron chi connectivity index (χ2n) is 7.39. The van der Waals surface area contributed by atoms with Crippen molar-refractivity contribution in [3.05, 3.63) is 53.1 Å². The number of aryl methyl sites for hydroxylation is 1. The van der Waals surface area contributed by atoms with Crippen LogP contribution in [0.4, 0.5) is 15.5 Å². The summed E-state index contributed by atoms with van der Waals surface area (Å²) in [7, 11) is -2.37. The molecule has 0 radical (unpaired) electrons. The van der Waals surface area contributed by atoms with Gasteiger partial charge in [0.25, 0.3) is 15.9 Å². The molecule has 0 saturated heterocycles. The standard InChI is InChI=1S/C21H24N4O4S2/c1-11(2)15-9-13(25-31(28,29)14-7-5-12(3)6-8-14)10-16-17(19(22)26)20(30-18(15)16)24-21(27)23-4/h5-11,25H,1-4H3,(H2,22,26)(H2,23,24,27). The van der Waals surface area contributed by atoms with Gasteiger partial charge in [-0.05, 0) is 42.7 Å². The average Bonchev–Trinajstić information content (AvgIpc) is 3.04. The molecule has 164 valence electrons. The number of carbonyl (C=O) groups is 2. The van der Waals surface area contributed by atoms with Crippen LogP contribution in [0.3, 0.4) is 0 Å². The smallest absolute Gasteiger partial charge is 0.319 e. The number of carbonyl (C=O) groups excluding carboxylic acids is 2. The van der Waals surface area contributed by atoms with Gasteiger partial charge in [0.2, 0.25) is 0 Å². The predicted molar refractivity (Wildman–Crippen MR) is 124 cm³/mol. The van der Waals surface area contributed by atoms with Crippen LogP contribution in [0.25, 0.3) is 10.1 Å². The van der Waals surface area contributed by atoms with E-state index in [-0.39, 0.29) is 16.4 Å². The van der Waals surface area contributed by atoms with Gasteiger partial charge in [0.15, 0.2) is 0 Å². The van der Waals surface area contributed by atoms with E-state index in [0.717, 1.165) is 15.8 Å². The molecule has 0 unspecified atom stereocenters. The Hall–Kier alpha value is -3.11. The van der Waals surface area contributed by atoms with Gasteiger partial charge in [-0.1, -0.05) is 31.5 Å². The summed E-state index contributed by atoms with van der Waals surface area (Å²) in [6.07, 6.45) is 0. The number of hydrogen-bond acceptors (Lipinski definition) is 5. The van der Waals surface area contributed by atoms with Gasteiger partial charge in [0.05, 0.1) is 10.5 Å². The van der Waals surface area contributed by atoms with Crippen molar-refractivity contribution in [3.8, 4) is 0 Å². The highest BCUT2D eigenvalue weighted by Crippen LogP contribution is 2.42. The van der Waals surface area contributed by atoms with E-state index < -0.39 is 22.0 Å². The molecular weight excluding hydrogens is 436 g/mol. The summed E-state index contributed by atoms with van der Waals surface area (Å²) < 4.78 is 29.1. The third kappa shape index (κ3) is 4.64. The number of amides is 3. The number of fused-ring (bicyclic) bond motifs is 1. The van der Waals surface area contributed by atoms with E-state index in [1.54, 1.807) is 24.3 Å². The minimum atomic E-state index is -3.83. The first-order chi connectivity index (χ1) is 14.5. The molecule has 1 heterocycles. The number of rotatable bonds is 6. The van der Waals surface area contributed by atoms with Crippen molar-refractivity contribution in [3.63, 3.8) is 0 Å². The van der Waals surface area contributed by atoms with Crippen molar-refractivity contribution >= 4 is 54.1 Å². The largest absolute Gasteiger partial charge is 0.365 e. The van der Waals surface area contributed by atoms with Crippen molar-refractivity contribution in [2.75, 3.05) is 17.1 Å². The quantitative estimate of drug-likeness (QED) is 0.443. The van der Waals surface area contributed by atoms with Crippen molar-refractivity contribution in [2.45, 2.75) is 31.6 Å². The molecule has 0 aliphatic heterocycles. The number of primary amides is 1. The molecular formula is C21H24N4O4S2. The maximum atomic E-state index is 12.9. The van der Waals surface area contributed by atoms with Gasteiger partial charge in [-0.3, -0.25) is 14.8 Å². The number of anilines is 2. The molecule has 0 spiro atoms. The minimum Gasteiger partial charge on any atom is -0.365 e. The Labute approximate surface area is 184 Å². The van der Waals surface area contributed by atoms with Gasteiger partial charge in [0, 0.05) is 22.8 Å². The molecule has 0 fully saturated rings. The number of urea groups is 1. The molecule has 0 aliphatic rings. The number of sulfonamides is 1. The fraction of sp³-hybridized carbons (Fsp3) is 0.238. The summed E-state index contributed by atoms with van der Waals surface area (Å²) in [5.74, 6) is -0.690. The van der Waals surface area contributed by atoms with E-state index in [1.807, 2.05) is 20.8 Å². The van der Waals surface area contributed by atoms with Crippen LogP contribution in [0.1, 0.15) is 41.3 Å². The zero-order chi connectivity index (χ0) is 22.9. The zero-order valence-corrected chi connectivity index (χ0v) is 19.2. The first kappa shape index (κ1) is 22.6. The first-order valence-corrected chi connectivity index (χ1v) is 11.8. The van der Waals surface area contributed by atoms with E-state index >= 15 is 0 Å². The first-order valence-electron chi connectivity index (χ1n) is 9.52. The molecule has 0 saturated carbocycles. The van der Waals surface area contributed by atoms with Crippen LogP contribution in [0.5, 0.6) is 0 Å². The molecule has 1 aromatic heterocycles.